The zero-order valence-corrected chi connectivity index (χ0v) is 15.2. The van der Waals surface area contributed by atoms with Crippen molar-refractivity contribution in [2.75, 3.05) is 11.9 Å². The Labute approximate surface area is 153 Å². The summed E-state index contributed by atoms with van der Waals surface area (Å²) in [4.78, 5) is 28.2. The maximum absolute atomic E-state index is 12.5. The minimum atomic E-state index is -0.559. The first kappa shape index (κ1) is 19.4. The third-order valence-corrected chi connectivity index (χ3v) is 3.84. The Balaban J connectivity index is 1.94. The van der Waals surface area contributed by atoms with Crippen LogP contribution in [0.2, 0.25) is 0 Å². The predicted octanol–water partition coefficient (Wildman–Crippen LogP) is 2.14. The van der Waals surface area contributed by atoms with E-state index in [1.54, 1.807) is 11.0 Å². The van der Waals surface area contributed by atoms with E-state index in [1.165, 1.54) is 6.33 Å². The standard InChI is InChI=1S/C18H26N6O2/c1-3-5-6-16(23-18(26)20-4-2)17(25)22-15-9-7-14(8-10-15)11-24-13-19-12-21-24/h7-10,12-13,16H,3-6,11H2,1-2H3,(H,22,25)(H2,20,23,26)/t16-/m0/s1. The van der Waals surface area contributed by atoms with Gasteiger partial charge in [-0.15, -0.1) is 0 Å². The Kier molecular flexibility index (Phi) is 7.60. The van der Waals surface area contributed by atoms with Crippen LogP contribution in [0, 0.1) is 0 Å². The number of rotatable bonds is 9. The highest BCUT2D eigenvalue weighted by atomic mass is 16.2. The molecule has 3 N–H and O–H groups in total. The fourth-order valence-electron chi connectivity index (χ4n) is 2.47. The Morgan fingerprint density at radius 2 is 1.96 bits per heavy atom. The van der Waals surface area contributed by atoms with E-state index in [1.807, 2.05) is 31.2 Å². The Bertz CT molecular complexity index is 684. The number of hydrogen-bond acceptors (Lipinski definition) is 4. The normalized spacial score (nSPS) is 11.6. The molecule has 1 atom stereocenters. The summed E-state index contributed by atoms with van der Waals surface area (Å²) >= 11 is 0. The van der Waals surface area contributed by atoms with Crippen molar-refractivity contribution in [1.82, 2.24) is 25.4 Å². The molecule has 0 aliphatic heterocycles. The first-order valence-corrected chi connectivity index (χ1v) is 8.89. The average molecular weight is 358 g/mol. The predicted molar refractivity (Wildman–Crippen MR) is 99.7 cm³/mol. The molecule has 0 radical (unpaired) electrons. The highest BCUT2D eigenvalue weighted by molar-refractivity contribution is 5.96. The van der Waals surface area contributed by atoms with Crippen molar-refractivity contribution in [1.29, 1.82) is 0 Å². The maximum atomic E-state index is 12.5. The van der Waals surface area contributed by atoms with Gasteiger partial charge in [0.1, 0.15) is 18.7 Å². The fraction of sp³-hybridized carbons (Fsp3) is 0.444. The molecule has 2 aromatic rings. The molecular weight excluding hydrogens is 332 g/mol. The lowest BCUT2D eigenvalue weighted by molar-refractivity contribution is -0.118. The number of urea groups is 1. The van der Waals surface area contributed by atoms with Crippen LogP contribution in [-0.2, 0) is 11.3 Å². The molecule has 1 heterocycles. The average Bonchev–Trinajstić information content (AvgIpc) is 3.13. The van der Waals surface area contributed by atoms with Crippen molar-refractivity contribution < 1.29 is 9.59 Å². The number of aromatic nitrogens is 3. The lowest BCUT2D eigenvalue weighted by atomic mass is 10.1. The molecule has 1 aromatic heterocycles. The van der Waals surface area contributed by atoms with E-state index in [0.29, 0.717) is 25.2 Å². The largest absolute Gasteiger partial charge is 0.338 e. The van der Waals surface area contributed by atoms with Crippen LogP contribution in [0.25, 0.3) is 0 Å². The number of nitrogens with one attached hydrogen (secondary N) is 3. The molecule has 3 amide bonds. The van der Waals surface area contributed by atoms with Gasteiger partial charge in [0.2, 0.25) is 5.91 Å². The number of amides is 3. The van der Waals surface area contributed by atoms with E-state index in [4.69, 9.17) is 0 Å². The van der Waals surface area contributed by atoms with E-state index in [-0.39, 0.29) is 11.9 Å². The quantitative estimate of drug-likeness (QED) is 0.639. The number of carbonyl (C=O) groups excluding carboxylic acids is 2. The molecule has 0 unspecified atom stereocenters. The number of anilines is 1. The summed E-state index contributed by atoms with van der Waals surface area (Å²) in [5, 5.41) is 12.3. The lowest BCUT2D eigenvalue weighted by Crippen LogP contribution is -2.47. The van der Waals surface area contributed by atoms with Crippen LogP contribution in [0.1, 0.15) is 38.7 Å². The zero-order chi connectivity index (χ0) is 18.8. The summed E-state index contributed by atoms with van der Waals surface area (Å²) in [6.45, 7) is 5.02. The summed E-state index contributed by atoms with van der Waals surface area (Å²) < 4.78 is 1.73. The van der Waals surface area contributed by atoms with Gasteiger partial charge in [0, 0.05) is 12.2 Å². The monoisotopic (exact) mass is 358 g/mol. The van der Waals surface area contributed by atoms with Gasteiger partial charge in [-0.3, -0.25) is 4.79 Å². The molecule has 0 spiro atoms. The number of nitrogens with zero attached hydrogens (tertiary/aromatic N) is 3. The van der Waals surface area contributed by atoms with Gasteiger partial charge in [-0.25, -0.2) is 14.5 Å². The molecule has 0 fully saturated rings. The van der Waals surface area contributed by atoms with Crippen molar-refractivity contribution in [2.24, 2.45) is 0 Å². The van der Waals surface area contributed by atoms with E-state index in [9.17, 15) is 9.59 Å². The van der Waals surface area contributed by atoms with Crippen LogP contribution in [0.5, 0.6) is 0 Å². The van der Waals surface area contributed by atoms with Crippen LogP contribution in [0.3, 0.4) is 0 Å². The van der Waals surface area contributed by atoms with Gasteiger partial charge in [0.05, 0.1) is 6.54 Å². The molecular formula is C18H26N6O2. The van der Waals surface area contributed by atoms with Gasteiger partial charge in [-0.05, 0) is 31.0 Å². The topological polar surface area (TPSA) is 101 Å². The van der Waals surface area contributed by atoms with E-state index in [0.717, 1.165) is 18.4 Å². The summed E-state index contributed by atoms with van der Waals surface area (Å²) in [6.07, 6.45) is 5.57. The SMILES string of the molecule is CCCC[C@H](NC(=O)NCC)C(=O)Nc1ccc(Cn2cncn2)cc1. The van der Waals surface area contributed by atoms with Crippen LogP contribution in [-0.4, -0.2) is 39.3 Å². The molecule has 0 saturated heterocycles. The highest BCUT2D eigenvalue weighted by Crippen LogP contribution is 2.12. The third kappa shape index (κ3) is 6.19. The van der Waals surface area contributed by atoms with Crippen molar-refractivity contribution in [3.05, 3.63) is 42.5 Å². The van der Waals surface area contributed by atoms with Gasteiger partial charge in [-0.2, -0.15) is 5.10 Å². The molecule has 8 nitrogen and oxygen atoms in total. The van der Waals surface area contributed by atoms with Crippen molar-refractivity contribution in [2.45, 2.75) is 45.7 Å². The van der Waals surface area contributed by atoms with E-state index >= 15 is 0 Å². The fourth-order valence-corrected chi connectivity index (χ4v) is 2.47. The first-order chi connectivity index (χ1) is 12.6. The number of carbonyl (C=O) groups is 2. The second-order valence-corrected chi connectivity index (χ2v) is 5.98. The molecule has 26 heavy (non-hydrogen) atoms. The molecule has 8 heteroatoms. The Morgan fingerprint density at radius 3 is 2.58 bits per heavy atom. The molecule has 1 aromatic carbocycles. The van der Waals surface area contributed by atoms with Crippen molar-refractivity contribution >= 4 is 17.6 Å². The Morgan fingerprint density at radius 1 is 1.19 bits per heavy atom. The molecule has 0 aliphatic rings. The summed E-state index contributed by atoms with van der Waals surface area (Å²) in [6, 6.07) is 6.65. The van der Waals surface area contributed by atoms with Gasteiger partial charge in [0.15, 0.2) is 0 Å². The molecule has 0 aliphatic carbocycles. The minimum Gasteiger partial charge on any atom is -0.338 e. The molecule has 0 saturated carbocycles. The van der Waals surface area contributed by atoms with Gasteiger partial charge >= 0.3 is 6.03 Å². The van der Waals surface area contributed by atoms with E-state index < -0.39 is 6.04 Å². The second-order valence-electron chi connectivity index (χ2n) is 5.98. The van der Waals surface area contributed by atoms with Gasteiger partial charge in [-0.1, -0.05) is 31.9 Å². The first-order valence-electron chi connectivity index (χ1n) is 8.89. The molecule has 2 rings (SSSR count). The van der Waals surface area contributed by atoms with Crippen LogP contribution >= 0.6 is 0 Å². The second kappa shape index (κ2) is 10.2. The maximum Gasteiger partial charge on any atom is 0.315 e. The lowest BCUT2D eigenvalue weighted by Gasteiger charge is -2.18. The zero-order valence-electron chi connectivity index (χ0n) is 15.2. The number of unbranched alkanes of at least 4 members (excludes halogenated alkanes) is 1. The summed E-state index contributed by atoms with van der Waals surface area (Å²) in [7, 11) is 0. The van der Waals surface area contributed by atoms with Crippen molar-refractivity contribution in [3.63, 3.8) is 0 Å². The van der Waals surface area contributed by atoms with Crippen molar-refractivity contribution in [3.8, 4) is 0 Å². The molecule has 0 bridgehead atoms. The number of hydrogen-bond donors (Lipinski definition) is 3. The summed E-state index contributed by atoms with van der Waals surface area (Å²) in [5.41, 5.74) is 1.74. The third-order valence-electron chi connectivity index (χ3n) is 3.84. The highest BCUT2D eigenvalue weighted by Gasteiger charge is 2.20. The van der Waals surface area contributed by atoms with E-state index in [2.05, 4.69) is 33.0 Å². The Hall–Kier alpha value is -2.90. The van der Waals surface area contributed by atoms with Gasteiger partial charge < -0.3 is 16.0 Å². The van der Waals surface area contributed by atoms with Gasteiger partial charge in [0.25, 0.3) is 0 Å². The van der Waals surface area contributed by atoms with Crippen LogP contribution in [0.4, 0.5) is 10.5 Å². The molecule has 140 valence electrons. The minimum absolute atomic E-state index is 0.214. The van der Waals surface area contributed by atoms with Crippen LogP contribution in [0.15, 0.2) is 36.9 Å². The summed E-state index contributed by atoms with van der Waals surface area (Å²) in [5.74, 6) is -0.214. The van der Waals surface area contributed by atoms with Crippen LogP contribution < -0.4 is 16.0 Å². The smallest absolute Gasteiger partial charge is 0.315 e. The number of benzene rings is 1.